The van der Waals surface area contributed by atoms with E-state index < -0.39 is 0 Å². The van der Waals surface area contributed by atoms with E-state index in [4.69, 9.17) is 4.74 Å². The van der Waals surface area contributed by atoms with E-state index >= 15 is 0 Å². The number of unbranched alkanes of at least 4 members (excludes halogenated alkanes) is 5. The second-order valence-electron chi connectivity index (χ2n) is 7.08. The standard InChI is InChI=1S/C19H29N5O3/c1-2-3-4-5-6-7-8-15(26)23-18-17-19(21-12-20-18)24(13-22-17)16-10-9-14(11-25)27-16/h12-14,16,25H,2-11H2,1H3,(H,20,21,23,26)/t14-,16+/m0/s1. The van der Waals surface area contributed by atoms with E-state index in [1.165, 1.54) is 32.0 Å². The van der Waals surface area contributed by atoms with Gasteiger partial charge in [0.05, 0.1) is 19.0 Å². The Balaban J connectivity index is 1.58. The van der Waals surface area contributed by atoms with Crippen LogP contribution in [0.1, 0.15) is 70.9 Å². The van der Waals surface area contributed by atoms with Crippen molar-refractivity contribution in [2.75, 3.05) is 11.9 Å². The lowest BCUT2D eigenvalue weighted by atomic mass is 10.1. The van der Waals surface area contributed by atoms with E-state index in [2.05, 4.69) is 27.2 Å². The largest absolute Gasteiger partial charge is 0.394 e. The number of nitrogens with zero attached hydrogens (tertiary/aromatic N) is 4. The SMILES string of the molecule is CCCCCCCCC(=O)Nc1ncnc2c1ncn2[C@H]1CC[C@@H](CO)O1. The first-order valence-corrected chi connectivity index (χ1v) is 9.96. The third-order valence-electron chi connectivity index (χ3n) is 4.97. The zero-order chi connectivity index (χ0) is 19.1. The monoisotopic (exact) mass is 375 g/mol. The van der Waals surface area contributed by atoms with Crippen LogP contribution in [0.2, 0.25) is 0 Å². The van der Waals surface area contributed by atoms with Crippen molar-refractivity contribution in [2.45, 2.75) is 77.0 Å². The number of fused-ring (bicyclic) bond motifs is 1. The van der Waals surface area contributed by atoms with Gasteiger partial charge in [0.15, 0.2) is 17.0 Å². The van der Waals surface area contributed by atoms with E-state index in [1.807, 2.05) is 4.57 Å². The van der Waals surface area contributed by atoms with Crippen LogP contribution < -0.4 is 5.32 Å². The quantitative estimate of drug-likeness (QED) is 0.618. The van der Waals surface area contributed by atoms with Crippen LogP contribution >= 0.6 is 0 Å². The van der Waals surface area contributed by atoms with E-state index in [1.54, 1.807) is 6.33 Å². The van der Waals surface area contributed by atoms with Crippen LogP contribution in [0.4, 0.5) is 5.82 Å². The molecule has 0 unspecified atom stereocenters. The molecule has 148 valence electrons. The molecule has 1 aliphatic heterocycles. The van der Waals surface area contributed by atoms with Gasteiger partial charge in [-0.2, -0.15) is 0 Å². The van der Waals surface area contributed by atoms with Crippen LogP contribution in [0, 0.1) is 0 Å². The zero-order valence-electron chi connectivity index (χ0n) is 15.9. The highest BCUT2D eigenvalue weighted by Crippen LogP contribution is 2.31. The van der Waals surface area contributed by atoms with Gasteiger partial charge >= 0.3 is 0 Å². The first-order chi connectivity index (χ1) is 13.2. The minimum Gasteiger partial charge on any atom is -0.394 e. The Kier molecular flexibility index (Phi) is 7.11. The normalized spacial score (nSPS) is 19.6. The van der Waals surface area contributed by atoms with Gasteiger partial charge in [-0.25, -0.2) is 15.0 Å². The van der Waals surface area contributed by atoms with Crippen LogP contribution in [-0.2, 0) is 9.53 Å². The lowest BCUT2D eigenvalue weighted by molar-refractivity contribution is -0.116. The van der Waals surface area contributed by atoms with Crippen molar-refractivity contribution in [3.05, 3.63) is 12.7 Å². The molecule has 2 aromatic rings. The maximum Gasteiger partial charge on any atom is 0.225 e. The second-order valence-corrected chi connectivity index (χ2v) is 7.08. The Morgan fingerprint density at radius 3 is 2.81 bits per heavy atom. The molecule has 2 atom stereocenters. The highest BCUT2D eigenvalue weighted by molar-refractivity contribution is 5.96. The number of aromatic nitrogens is 4. The predicted molar refractivity (Wildman–Crippen MR) is 102 cm³/mol. The molecule has 0 aromatic carbocycles. The molecule has 27 heavy (non-hydrogen) atoms. The number of carbonyl (C=O) groups excluding carboxylic acids is 1. The second kappa shape index (κ2) is 9.75. The average molecular weight is 375 g/mol. The number of rotatable bonds is 10. The van der Waals surface area contributed by atoms with Gasteiger partial charge in [0, 0.05) is 6.42 Å². The fourth-order valence-electron chi connectivity index (χ4n) is 3.44. The Labute approximate surface area is 159 Å². The van der Waals surface area contributed by atoms with Crippen molar-refractivity contribution in [1.82, 2.24) is 19.5 Å². The molecule has 8 nitrogen and oxygen atoms in total. The third kappa shape index (κ3) is 5.01. The molecule has 0 radical (unpaired) electrons. The number of amides is 1. The summed E-state index contributed by atoms with van der Waals surface area (Å²) >= 11 is 0. The number of aliphatic hydroxyl groups is 1. The number of ether oxygens (including phenoxy) is 1. The molecule has 1 saturated heterocycles. The smallest absolute Gasteiger partial charge is 0.225 e. The molecular weight excluding hydrogens is 346 g/mol. The van der Waals surface area contributed by atoms with Crippen molar-refractivity contribution >= 4 is 22.9 Å². The molecule has 1 aliphatic rings. The summed E-state index contributed by atoms with van der Waals surface area (Å²) in [6.45, 7) is 2.21. The van der Waals surface area contributed by atoms with Crippen LogP contribution in [0.25, 0.3) is 11.2 Å². The van der Waals surface area contributed by atoms with Crippen LogP contribution in [0.5, 0.6) is 0 Å². The summed E-state index contributed by atoms with van der Waals surface area (Å²) in [4.78, 5) is 25.1. The van der Waals surface area contributed by atoms with Gasteiger partial charge in [-0.15, -0.1) is 0 Å². The van der Waals surface area contributed by atoms with E-state index in [0.717, 1.165) is 25.7 Å². The zero-order valence-corrected chi connectivity index (χ0v) is 15.9. The highest BCUT2D eigenvalue weighted by atomic mass is 16.5. The third-order valence-corrected chi connectivity index (χ3v) is 4.97. The summed E-state index contributed by atoms with van der Waals surface area (Å²) in [6.07, 6.45) is 11.7. The maximum absolute atomic E-state index is 12.2. The van der Waals surface area contributed by atoms with Gasteiger partial charge in [-0.05, 0) is 19.3 Å². The fraction of sp³-hybridized carbons (Fsp3) is 0.684. The average Bonchev–Trinajstić information content (AvgIpc) is 3.31. The fourth-order valence-corrected chi connectivity index (χ4v) is 3.44. The minimum absolute atomic E-state index is 0.0118. The molecule has 1 amide bonds. The molecule has 2 N–H and O–H groups in total. The lowest BCUT2D eigenvalue weighted by Gasteiger charge is -2.13. The molecule has 8 heteroatoms. The minimum atomic E-state index is -0.200. The van der Waals surface area contributed by atoms with Crippen LogP contribution in [0.3, 0.4) is 0 Å². The summed E-state index contributed by atoms with van der Waals surface area (Å²) in [5, 5.41) is 12.1. The molecule has 0 spiro atoms. The number of hydrogen-bond acceptors (Lipinski definition) is 6. The van der Waals surface area contributed by atoms with Gasteiger partial charge in [0.25, 0.3) is 0 Å². The number of imidazole rings is 1. The van der Waals surface area contributed by atoms with Gasteiger partial charge < -0.3 is 15.2 Å². The Morgan fingerprint density at radius 2 is 2.04 bits per heavy atom. The van der Waals surface area contributed by atoms with E-state index in [0.29, 0.717) is 23.4 Å². The van der Waals surface area contributed by atoms with Crippen LogP contribution in [0.15, 0.2) is 12.7 Å². The molecule has 0 aliphatic carbocycles. The van der Waals surface area contributed by atoms with Gasteiger partial charge in [0.2, 0.25) is 5.91 Å². The predicted octanol–water partition coefficient (Wildman–Crippen LogP) is 3.19. The van der Waals surface area contributed by atoms with E-state index in [9.17, 15) is 9.90 Å². The maximum atomic E-state index is 12.2. The van der Waals surface area contributed by atoms with Crippen molar-refractivity contribution in [1.29, 1.82) is 0 Å². The van der Waals surface area contributed by atoms with Crippen LogP contribution in [-0.4, -0.2) is 43.2 Å². The Bertz CT molecular complexity index is 748. The van der Waals surface area contributed by atoms with Gasteiger partial charge in [-0.1, -0.05) is 39.0 Å². The summed E-state index contributed by atoms with van der Waals surface area (Å²) in [6, 6.07) is 0. The Hall–Kier alpha value is -2.06. The number of carbonyl (C=O) groups is 1. The number of aliphatic hydroxyl groups excluding tert-OH is 1. The van der Waals surface area contributed by atoms with Crippen molar-refractivity contribution in [3.63, 3.8) is 0 Å². The number of anilines is 1. The summed E-state index contributed by atoms with van der Waals surface area (Å²) in [5.74, 6) is 0.393. The Morgan fingerprint density at radius 1 is 1.22 bits per heavy atom. The summed E-state index contributed by atoms with van der Waals surface area (Å²) in [5.41, 5.74) is 1.19. The van der Waals surface area contributed by atoms with Gasteiger partial charge in [-0.3, -0.25) is 9.36 Å². The first-order valence-electron chi connectivity index (χ1n) is 9.96. The molecule has 3 rings (SSSR count). The number of nitrogens with one attached hydrogen (secondary N) is 1. The molecule has 2 aromatic heterocycles. The summed E-state index contributed by atoms with van der Waals surface area (Å²) < 4.78 is 7.65. The lowest BCUT2D eigenvalue weighted by Crippen LogP contribution is -2.15. The molecule has 0 saturated carbocycles. The molecule has 3 heterocycles. The number of hydrogen-bond donors (Lipinski definition) is 2. The molecule has 0 bridgehead atoms. The summed E-state index contributed by atoms with van der Waals surface area (Å²) in [7, 11) is 0. The van der Waals surface area contributed by atoms with Crippen molar-refractivity contribution in [3.8, 4) is 0 Å². The van der Waals surface area contributed by atoms with Crippen molar-refractivity contribution < 1.29 is 14.6 Å². The molecule has 1 fully saturated rings. The molecular formula is C19H29N5O3. The topological polar surface area (TPSA) is 102 Å². The van der Waals surface area contributed by atoms with Crippen molar-refractivity contribution in [2.24, 2.45) is 0 Å². The van der Waals surface area contributed by atoms with Gasteiger partial charge in [0.1, 0.15) is 12.6 Å². The van der Waals surface area contributed by atoms with E-state index in [-0.39, 0.29) is 24.8 Å². The first kappa shape index (κ1) is 19.7. The highest BCUT2D eigenvalue weighted by Gasteiger charge is 2.27.